The summed E-state index contributed by atoms with van der Waals surface area (Å²) in [5.41, 5.74) is 0.770. The molecule has 11 heteroatoms. The molecule has 4 rings (SSSR count). The minimum Gasteiger partial charge on any atom is -0.494 e. The maximum Gasteiger partial charge on any atom is 0.293 e. The van der Waals surface area contributed by atoms with Gasteiger partial charge < -0.3 is 9.15 Å². The van der Waals surface area contributed by atoms with Crippen molar-refractivity contribution in [3.05, 3.63) is 70.9 Å². The molecule has 0 aliphatic heterocycles. The first-order valence-electron chi connectivity index (χ1n) is 9.35. The third-order valence-corrected chi connectivity index (χ3v) is 7.07. The highest BCUT2D eigenvalue weighted by atomic mass is 79.9. The second-order valence-corrected chi connectivity index (χ2v) is 9.96. The van der Waals surface area contributed by atoms with Gasteiger partial charge in [-0.3, -0.25) is 10.1 Å². The Morgan fingerprint density at radius 2 is 1.81 bits per heavy atom. The predicted molar refractivity (Wildman–Crippen MR) is 123 cm³/mol. The molecule has 0 fully saturated rings. The quantitative estimate of drug-likeness (QED) is 0.354. The van der Waals surface area contributed by atoms with Gasteiger partial charge in [-0.2, -0.15) is 9.36 Å². The number of carbonyl (C=O) groups is 1. The fourth-order valence-corrected chi connectivity index (χ4v) is 4.76. The number of hydrogen-bond donors (Lipinski definition) is 1. The van der Waals surface area contributed by atoms with E-state index in [0.717, 1.165) is 27.3 Å². The lowest BCUT2D eigenvalue weighted by atomic mass is 10.2. The Morgan fingerprint density at radius 3 is 2.50 bits per heavy atom. The summed E-state index contributed by atoms with van der Waals surface area (Å²) in [6, 6.07) is 15.9. The van der Waals surface area contributed by atoms with Crippen molar-refractivity contribution in [2.75, 3.05) is 11.9 Å². The van der Waals surface area contributed by atoms with Crippen LogP contribution in [0.3, 0.4) is 0 Å². The van der Waals surface area contributed by atoms with E-state index in [0.29, 0.717) is 12.4 Å². The SMILES string of the molecule is CCOc1ccc(-c2nsc(NC(=O)c3ccc(S(=O)(=O)c4ccc(Br)cc4)o3)n2)cc1. The van der Waals surface area contributed by atoms with Crippen molar-refractivity contribution in [2.45, 2.75) is 16.9 Å². The fourth-order valence-electron chi connectivity index (χ4n) is 2.73. The van der Waals surface area contributed by atoms with Crippen LogP contribution < -0.4 is 10.1 Å². The molecule has 8 nitrogen and oxygen atoms in total. The van der Waals surface area contributed by atoms with Gasteiger partial charge in [-0.05, 0) is 67.6 Å². The van der Waals surface area contributed by atoms with Gasteiger partial charge in [0, 0.05) is 21.6 Å². The molecule has 0 aliphatic carbocycles. The van der Waals surface area contributed by atoms with Gasteiger partial charge in [0.2, 0.25) is 20.1 Å². The minimum atomic E-state index is -3.88. The van der Waals surface area contributed by atoms with E-state index >= 15 is 0 Å². The Morgan fingerprint density at radius 1 is 1.09 bits per heavy atom. The number of rotatable bonds is 7. The van der Waals surface area contributed by atoms with Crippen LogP contribution in [-0.2, 0) is 9.84 Å². The molecule has 4 aromatic rings. The molecular weight excluding hydrogens is 518 g/mol. The van der Waals surface area contributed by atoms with Gasteiger partial charge in [0.05, 0.1) is 11.5 Å². The zero-order chi connectivity index (χ0) is 22.7. The molecule has 0 atom stereocenters. The van der Waals surface area contributed by atoms with Gasteiger partial charge in [-0.1, -0.05) is 15.9 Å². The van der Waals surface area contributed by atoms with E-state index in [1.165, 1.54) is 24.3 Å². The Kier molecular flexibility index (Phi) is 6.40. The molecule has 0 aliphatic rings. The van der Waals surface area contributed by atoms with Crippen molar-refractivity contribution >= 4 is 48.3 Å². The molecule has 0 unspecified atom stereocenters. The summed E-state index contributed by atoms with van der Waals surface area (Å²) in [6.45, 7) is 2.48. The van der Waals surface area contributed by atoms with Gasteiger partial charge in [0.25, 0.3) is 5.91 Å². The lowest BCUT2D eigenvalue weighted by Gasteiger charge is -2.02. The maximum atomic E-state index is 12.7. The molecule has 2 aromatic carbocycles. The molecule has 0 saturated carbocycles. The van der Waals surface area contributed by atoms with Gasteiger partial charge in [0.15, 0.2) is 11.6 Å². The Labute approximate surface area is 196 Å². The molecule has 164 valence electrons. The normalized spacial score (nSPS) is 11.3. The zero-order valence-corrected chi connectivity index (χ0v) is 19.8. The first kappa shape index (κ1) is 22.2. The van der Waals surface area contributed by atoms with Crippen molar-refractivity contribution in [1.82, 2.24) is 9.36 Å². The molecule has 2 heterocycles. The molecule has 32 heavy (non-hydrogen) atoms. The van der Waals surface area contributed by atoms with E-state index in [4.69, 9.17) is 9.15 Å². The highest BCUT2D eigenvalue weighted by molar-refractivity contribution is 9.10. The van der Waals surface area contributed by atoms with Crippen LogP contribution >= 0.6 is 27.5 Å². The maximum absolute atomic E-state index is 12.7. The molecule has 1 N–H and O–H groups in total. The molecular formula is C21H16BrN3O5S2. The summed E-state index contributed by atoms with van der Waals surface area (Å²) in [5, 5.41) is 2.51. The smallest absolute Gasteiger partial charge is 0.293 e. The number of amides is 1. The third kappa shape index (κ3) is 4.74. The second kappa shape index (κ2) is 9.23. The Hall–Kier alpha value is -3.02. The lowest BCUT2D eigenvalue weighted by molar-refractivity contribution is 0.0991. The average molecular weight is 534 g/mol. The monoisotopic (exact) mass is 533 g/mol. The van der Waals surface area contributed by atoms with Gasteiger partial charge in [-0.25, -0.2) is 8.42 Å². The number of nitrogens with zero attached hydrogens (tertiary/aromatic N) is 2. The van der Waals surface area contributed by atoms with Crippen LogP contribution in [0, 0.1) is 0 Å². The number of aromatic nitrogens is 2. The molecule has 0 saturated heterocycles. The Balaban J connectivity index is 1.47. The number of ether oxygens (including phenoxy) is 1. The van der Waals surface area contributed by atoms with Crippen molar-refractivity contribution in [1.29, 1.82) is 0 Å². The number of benzene rings is 2. The van der Waals surface area contributed by atoms with Crippen LogP contribution in [0.25, 0.3) is 11.4 Å². The standard InChI is InChI=1S/C21H16BrN3O5S2/c1-2-29-15-7-3-13(4-8-15)19-23-21(31-25-19)24-20(26)17-11-12-18(30-17)32(27,28)16-9-5-14(22)6-10-16/h3-12H,2H2,1H3,(H,23,24,25,26). The summed E-state index contributed by atoms with van der Waals surface area (Å²) in [7, 11) is -3.88. The number of nitrogens with one attached hydrogen (secondary N) is 1. The van der Waals surface area contributed by atoms with Crippen molar-refractivity contribution < 1.29 is 22.4 Å². The fraction of sp³-hybridized carbons (Fsp3) is 0.0952. The summed E-state index contributed by atoms with van der Waals surface area (Å²) in [6.07, 6.45) is 0. The van der Waals surface area contributed by atoms with Gasteiger partial charge in [0.1, 0.15) is 5.75 Å². The minimum absolute atomic E-state index is 0.0612. The van der Waals surface area contributed by atoms with Crippen LogP contribution in [0.5, 0.6) is 5.75 Å². The number of halogens is 1. The molecule has 2 aromatic heterocycles. The second-order valence-electron chi connectivity index (χ2n) is 6.41. The van der Waals surface area contributed by atoms with Crippen molar-refractivity contribution in [2.24, 2.45) is 0 Å². The molecule has 0 spiro atoms. The first-order chi connectivity index (χ1) is 15.4. The average Bonchev–Trinajstić information content (AvgIpc) is 3.45. The molecule has 0 bridgehead atoms. The summed E-state index contributed by atoms with van der Waals surface area (Å²) >= 11 is 4.27. The first-order valence-corrected chi connectivity index (χ1v) is 12.4. The topological polar surface area (TPSA) is 111 Å². The number of carbonyl (C=O) groups excluding carboxylic acids is 1. The van der Waals surface area contributed by atoms with E-state index in [9.17, 15) is 13.2 Å². The number of hydrogen-bond acceptors (Lipinski definition) is 8. The van der Waals surface area contributed by atoms with Crippen molar-refractivity contribution in [3.8, 4) is 17.1 Å². The van der Waals surface area contributed by atoms with E-state index in [-0.39, 0.29) is 20.9 Å². The van der Waals surface area contributed by atoms with E-state index < -0.39 is 15.7 Å². The van der Waals surface area contributed by atoms with Gasteiger partial charge in [-0.15, -0.1) is 0 Å². The van der Waals surface area contributed by atoms with E-state index in [1.807, 2.05) is 31.2 Å². The highest BCUT2D eigenvalue weighted by Crippen LogP contribution is 2.26. The van der Waals surface area contributed by atoms with Crippen LogP contribution in [0.2, 0.25) is 0 Å². The lowest BCUT2D eigenvalue weighted by Crippen LogP contribution is -2.10. The van der Waals surface area contributed by atoms with Crippen LogP contribution in [0.15, 0.2) is 79.5 Å². The van der Waals surface area contributed by atoms with Gasteiger partial charge >= 0.3 is 0 Å². The highest BCUT2D eigenvalue weighted by Gasteiger charge is 2.24. The summed E-state index contributed by atoms with van der Waals surface area (Å²) < 4.78 is 41.1. The Bertz CT molecular complexity index is 1350. The molecule has 0 radical (unpaired) electrons. The largest absolute Gasteiger partial charge is 0.494 e. The van der Waals surface area contributed by atoms with Crippen LogP contribution in [0.1, 0.15) is 17.5 Å². The summed E-state index contributed by atoms with van der Waals surface area (Å²) in [5.74, 6) is 0.410. The molecule has 1 amide bonds. The van der Waals surface area contributed by atoms with Crippen LogP contribution in [-0.4, -0.2) is 30.3 Å². The number of furan rings is 1. The van der Waals surface area contributed by atoms with E-state index in [1.54, 1.807) is 12.1 Å². The number of sulfone groups is 1. The van der Waals surface area contributed by atoms with E-state index in [2.05, 4.69) is 30.6 Å². The summed E-state index contributed by atoms with van der Waals surface area (Å²) in [4.78, 5) is 16.9. The van der Waals surface area contributed by atoms with Crippen LogP contribution in [0.4, 0.5) is 5.13 Å². The third-order valence-electron chi connectivity index (χ3n) is 4.26. The number of anilines is 1. The van der Waals surface area contributed by atoms with Crippen molar-refractivity contribution in [3.63, 3.8) is 0 Å². The zero-order valence-electron chi connectivity index (χ0n) is 16.6. The predicted octanol–water partition coefficient (Wildman–Crippen LogP) is 5.04.